The van der Waals surface area contributed by atoms with Gasteiger partial charge in [0.05, 0.1) is 0 Å². The van der Waals surface area contributed by atoms with Gasteiger partial charge < -0.3 is 14.8 Å². The van der Waals surface area contributed by atoms with E-state index in [1.807, 2.05) is 4.90 Å². The molecule has 3 unspecified atom stereocenters. The minimum absolute atomic E-state index is 0.0209. The number of benzene rings is 1. The Hall–Kier alpha value is -2.48. The van der Waals surface area contributed by atoms with Crippen LogP contribution in [0.3, 0.4) is 0 Å². The van der Waals surface area contributed by atoms with Crippen LogP contribution in [0.15, 0.2) is 18.5 Å². The van der Waals surface area contributed by atoms with Gasteiger partial charge in [0.25, 0.3) is 0 Å². The summed E-state index contributed by atoms with van der Waals surface area (Å²) in [4.78, 5) is 25.2. The normalized spacial score (nSPS) is 28.2. The maximum atomic E-state index is 15.2. The van der Waals surface area contributed by atoms with Crippen molar-refractivity contribution in [3.05, 3.63) is 30.1 Å². The van der Waals surface area contributed by atoms with Crippen LogP contribution in [0, 0.1) is 11.6 Å². The smallest absolute Gasteiger partial charge is 0.249 e. The molecule has 2 aromatic rings. The molecule has 5 rings (SSSR count). The number of anilines is 1. The Morgan fingerprint density at radius 1 is 1.19 bits per heavy atom. The van der Waals surface area contributed by atoms with Crippen LogP contribution in [0.5, 0.6) is 0 Å². The number of piperazine rings is 1. The summed E-state index contributed by atoms with van der Waals surface area (Å²) in [7, 11) is 0. The summed E-state index contributed by atoms with van der Waals surface area (Å²) in [6.45, 7) is 1.33. The lowest BCUT2D eigenvalue weighted by Crippen LogP contribution is -2.44. The lowest BCUT2D eigenvalue weighted by Gasteiger charge is -2.30. The number of hydrogen-bond donors (Lipinski definition) is 2. The highest BCUT2D eigenvalue weighted by Gasteiger charge is 2.40. The molecule has 8 heteroatoms. The summed E-state index contributed by atoms with van der Waals surface area (Å²) in [5, 5.41) is 6.32. The summed E-state index contributed by atoms with van der Waals surface area (Å²) in [5.74, 6) is -1.88. The highest BCUT2D eigenvalue weighted by atomic mass is 19.1. The topological polar surface area (TPSA) is 66.4 Å². The molecule has 1 aromatic carbocycles. The summed E-state index contributed by atoms with van der Waals surface area (Å²) in [5.41, 5.74) is 0.0209. The van der Waals surface area contributed by atoms with E-state index in [0.717, 1.165) is 13.0 Å². The number of carbonyl (C=O) groups is 2. The Morgan fingerprint density at radius 2 is 2.04 bits per heavy atom. The molecule has 26 heavy (non-hydrogen) atoms. The Morgan fingerprint density at radius 3 is 2.73 bits per heavy atom. The Balaban J connectivity index is 1.56. The van der Waals surface area contributed by atoms with Crippen molar-refractivity contribution in [1.29, 1.82) is 0 Å². The van der Waals surface area contributed by atoms with Crippen LogP contribution in [0.1, 0.15) is 25.3 Å². The van der Waals surface area contributed by atoms with Gasteiger partial charge in [0.15, 0.2) is 5.82 Å². The average molecular weight is 360 g/mol. The molecule has 2 amide bonds. The molecule has 0 spiro atoms. The zero-order chi connectivity index (χ0) is 18.0. The molecule has 3 aliphatic heterocycles. The van der Waals surface area contributed by atoms with E-state index in [2.05, 4.69) is 10.6 Å². The van der Waals surface area contributed by atoms with Gasteiger partial charge in [-0.2, -0.15) is 0 Å². The predicted octanol–water partition coefficient (Wildman–Crippen LogP) is 1.45. The average Bonchev–Trinajstić information content (AvgIpc) is 3.30. The number of amides is 2. The minimum Gasteiger partial charge on any atom is -0.361 e. The predicted molar refractivity (Wildman–Crippen MR) is 90.8 cm³/mol. The fourth-order valence-electron chi connectivity index (χ4n) is 4.47. The molecule has 3 aliphatic rings. The van der Waals surface area contributed by atoms with Crippen LogP contribution in [0.2, 0.25) is 0 Å². The third-order valence-electron chi connectivity index (χ3n) is 5.74. The first kappa shape index (κ1) is 15.7. The highest BCUT2D eigenvalue weighted by Crippen LogP contribution is 2.37. The first-order valence-corrected chi connectivity index (χ1v) is 8.84. The molecular formula is C18H18F2N4O2. The Bertz CT molecular complexity index is 941. The fourth-order valence-corrected chi connectivity index (χ4v) is 4.47. The van der Waals surface area contributed by atoms with Crippen molar-refractivity contribution in [1.82, 2.24) is 15.2 Å². The minimum atomic E-state index is -0.585. The van der Waals surface area contributed by atoms with Crippen LogP contribution in [-0.4, -0.2) is 41.6 Å². The van der Waals surface area contributed by atoms with Crippen molar-refractivity contribution >= 4 is 28.3 Å². The number of halogens is 2. The maximum Gasteiger partial charge on any atom is 0.249 e. The van der Waals surface area contributed by atoms with E-state index in [4.69, 9.17) is 0 Å². The second-order valence-electron chi connectivity index (χ2n) is 7.34. The molecule has 0 aliphatic carbocycles. The van der Waals surface area contributed by atoms with Crippen molar-refractivity contribution in [2.45, 2.75) is 37.4 Å². The van der Waals surface area contributed by atoms with E-state index in [9.17, 15) is 14.0 Å². The number of hydrogen-bond acceptors (Lipinski definition) is 4. The number of fused-ring (bicyclic) bond motifs is 3. The molecule has 0 saturated carbocycles. The van der Waals surface area contributed by atoms with E-state index < -0.39 is 23.6 Å². The first-order valence-electron chi connectivity index (χ1n) is 8.84. The van der Waals surface area contributed by atoms with Gasteiger partial charge in [0.1, 0.15) is 17.5 Å². The third kappa shape index (κ3) is 2.25. The van der Waals surface area contributed by atoms with Crippen LogP contribution in [0.25, 0.3) is 10.8 Å². The first-order chi connectivity index (χ1) is 12.5. The van der Waals surface area contributed by atoms with Gasteiger partial charge in [-0.1, -0.05) is 0 Å². The van der Waals surface area contributed by atoms with Crippen LogP contribution < -0.4 is 15.5 Å². The lowest BCUT2D eigenvalue weighted by atomic mass is 10.1. The second-order valence-corrected chi connectivity index (χ2v) is 7.34. The summed E-state index contributed by atoms with van der Waals surface area (Å²) >= 11 is 0. The standard InChI is InChI=1S/C18H18F2N4O2/c19-13-3-9-6-23(14-1-2-15(25)22-18(14)26)8-12(9)16(20)17(13)24-7-10-4-11(24)5-21-10/h3,6,8,10-11,14,21H,1-2,4-5,7H2,(H,22,25,26). The fraction of sp³-hybridized carbons (Fsp3) is 0.444. The van der Waals surface area contributed by atoms with Gasteiger partial charge in [-0.3, -0.25) is 14.9 Å². The number of carbonyl (C=O) groups excluding carboxylic acids is 2. The van der Waals surface area contributed by atoms with Crippen LogP contribution in [-0.2, 0) is 9.59 Å². The quantitative estimate of drug-likeness (QED) is 0.796. The molecule has 3 atom stereocenters. The van der Waals surface area contributed by atoms with Crippen LogP contribution in [0.4, 0.5) is 14.5 Å². The second kappa shape index (κ2) is 5.51. The molecule has 6 nitrogen and oxygen atoms in total. The molecule has 0 radical (unpaired) electrons. The van der Waals surface area contributed by atoms with Crippen molar-refractivity contribution in [3.63, 3.8) is 0 Å². The van der Waals surface area contributed by atoms with E-state index in [1.165, 1.54) is 6.07 Å². The van der Waals surface area contributed by atoms with Gasteiger partial charge in [-0.25, -0.2) is 8.78 Å². The summed E-state index contributed by atoms with van der Waals surface area (Å²) in [6.07, 6.45) is 4.60. The Labute approximate surface area is 148 Å². The Kier molecular flexibility index (Phi) is 3.34. The molecular weight excluding hydrogens is 342 g/mol. The summed E-state index contributed by atoms with van der Waals surface area (Å²) in [6, 6.07) is 1.13. The monoisotopic (exact) mass is 360 g/mol. The van der Waals surface area contributed by atoms with E-state index in [1.54, 1.807) is 17.0 Å². The molecule has 3 saturated heterocycles. The van der Waals surface area contributed by atoms with E-state index in [0.29, 0.717) is 23.7 Å². The zero-order valence-electron chi connectivity index (χ0n) is 14.0. The van der Waals surface area contributed by atoms with Crippen molar-refractivity contribution in [2.75, 3.05) is 18.0 Å². The third-order valence-corrected chi connectivity index (χ3v) is 5.74. The van der Waals surface area contributed by atoms with Gasteiger partial charge in [0, 0.05) is 54.8 Å². The molecule has 2 N–H and O–H groups in total. The van der Waals surface area contributed by atoms with Gasteiger partial charge in [0.2, 0.25) is 11.8 Å². The number of piperidine rings is 1. The van der Waals surface area contributed by atoms with Crippen molar-refractivity contribution in [3.8, 4) is 0 Å². The number of nitrogens with one attached hydrogen (secondary N) is 2. The molecule has 4 heterocycles. The molecule has 1 aromatic heterocycles. The zero-order valence-corrected chi connectivity index (χ0v) is 14.0. The summed E-state index contributed by atoms with van der Waals surface area (Å²) < 4.78 is 31.5. The largest absolute Gasteiger partial charge is 0.361 e. The number of imide groups is 1. The van der Waals surface area contributed by atoms with E-state index >= 15 is 4.39 Å². The van der Waals surface area contributed by atoms with Gasteiger partial charge >= 0.3 is 0 Å². The molecule has 2 bridgehead atoms. The number of nitrogens with zero attached hydrogens (tertiary/aromatic N) is 2. The molecule has 136 valence electrons. The van der Waals surface area contributed by atoms with Gasteiger partial charge in [-0.05, 0) is 18.9 Å². The molecule has 3 fully saturated rings. The maximum absolute atomic E-state index is 15.2. The van der Waals surface area contributed by atoms with E-state index in [-0.39, 0.29) is 30.1 Å². The van der Waals surface area contributed by atoms with Gasteiger partial charge in [-0.15, -0.1) is 0 Å². The lowest BCUT2D eigenvalue weighted by molar-refractivity contribution is -0.135. The van der Waals surface area contributed by atoms with Crippen LogP contribution >= 0.6 is 0 Å². The van der Waals surface area contributed by atoms with Crippen molar-refractivity contribution in [2.24, 2.45) is 0 Å². The number of aromatic nitrogens is 1. The number of rotatable bonds is 2. The highest BCUT2D eigenvalue weighted by molar-refractivity contribution is 6.00. The van der Waals surface area contributed by atoms with Crippen molar-refractivity contribution < 1.29 is 18.4 Å². The SMILES string of the molecule is O=C1CCC(n2cc3cc(F)c(N4CC5CC4CN5)c(F)c3c2)C(=O)N1.